The number of phenolic OH excluding ortho intramolecular Hbond substituents is 2. The Morgan fingerprint density at radius 3 is 2.63 bits per heavy atom. The molecule has 0 saturated heterocycles. The summed E-state index contributed by atoms with van der Waals surface area (Å²) in [6.45, 7) is 0.303. The number of aryl methyl sites for hydroxylation is 1. The standard InChI is InChI=1S/C30H22N2O6/c1-32-16-19(12-26-29(35)28-24(34)13-20(33)14-25(28)38-26)27-22(5-2-6-23(27)32)17-7-9-18(10-8-17)30(36)31-15-21-4-3-11-37-21/h2-14,16,33-34H,15H2,1H3,(H,31,36)/b26-12-. The number of allylic oxidation sites excluding steroid dienone is 1. The van der Waals surface area contributed by atoms with Gasteiger partial charge in [-0.25, -0.2) is 0 Å². The van der Waals surface area contributed by atoms with Crippen molar-refractivity contribution in [1.29, 1.82) is 0 Å². The van der Waals surface area contributed by atoms with Gasteiger partial charge in [0, 0.05) is 47.4 Å². The number of Topliss-reactive ketones (excluding diaryl/α,β-unsaturated/α-hetero) is 1. The first-order valence-electron chi connectivity index (χ1n) is 11.9. The summed E-state index contributed by atoms with van der Waals surface area (Å²) < 4.78 is 12.9. The van der Waals surface area contributed by atoms with Crippen molar-refractivity contribution in [3.63, 3.8) is 0 Å². The van der Waals surface area contributed by atoms with E-state index in [0.717, 1.165) is 33.7 Å². The number of furan rings is 1. The number of phenols is 2. The van der Waals surface area contributed by atoms with E-state index in [1.54, 1.807) is 36.6 Å². The highest BCUT2D eigenvalue weighted by molar-refractivity contribution is 6.17. The fourth-order valence-corrected chi connectivity index (χ4v) is 4.73. The number of benzene rings is 3. The van der Waals surface area contributed by atoms with E-state index in [1.807, 2.05) is 48.1 Å². The summed E-state index contributed by atoms with van der Waals surface area (Å²) in [6.07, 6.45) is 5.10. The molecule has 0 unspecified atom stereocenters. The Bertz CT molecular complexity index is 1740. The molecule has 5 aromatic rings. The van der Waals surface area contributed by atoms with Crippen LogP contribution in [0.25, 0.3) is 28.1 Å². The zero-order valence-corrected chi connectivity index (χ0v) is 20.3. The van der Waals surface area contributed by atoms with Gasteiger partial charge < -0.3 is 29.3 Å². The predicted molar refractivity (Wildman–Crippen MR) is 141 cm³/mol. The van der Waals surface area contributed by atoms with Gasteiger partial charge in [0.15, 0.2) is 5.76 Å². The van der Waals surface area contributed by atoms with Crippen LogP contribution in [0.15, 0.2) is 89.4 Å². The van der Waals surface area contributed by atoms with Crippen molar-refractivity contribution in [1.82, 2.24) is 9.88 Å². The smallest absolute Gasteiger partial charge is 0.251 e. The minimum Gasteiger partial charge on any atom is -0.508 e. The Morgan fingerprint density at radius 2 is 1.87 bits per heavy atom. The number of aromatic nitrogens is 1. The molecule has 0 fully saturated rings. The molecule has 2 aromatic heterocycles. The summed E-state index contributed by atoms with van der Waals surface area (Å²) in [5, 5.41) is 23.7. The first kappa shape index (κ1) is 23.2. The molecule has 0 aliphatic carbocycles. The van der Waals surface area contributed by atoms with Crippen molar-refractivity contribution >= 4 is 28.7 Å². The average Bonchev–Trinajstić information content (AvgIpc) is 3.62. The van der Waals surface area contributed by atoms with Gasteiger partial charge in [0.25, 0.3) is 5.91 Å². The van der Waals surface area contributed by atoms with E-state index < -0.39 is 5.78 Å². The second kappa shape index (κ2) is 9.01. The third-order valence-electron chi connectivity index (χ3n) is 6.53. The Hall–Kier alpha value is -5.24. The van der Waals surface area contributed by atoms with Gasteiger partial charge in [-0.3, -0.25) is 9.59 Å². The number of ether oxygens (including phenoxy) is 1. The van der Waals surface area contributed by atoms with Crippen molar-refractivity contribution in [2.75, 3.05) is 0 Å². The molecule has 8 nitrogen and oxygen atoms in total. The molecule has 188 valence electrons. The molecule has 6 rings (SSSR count). The Kier molecular flexibility index (Phi) is 5.49. The van der Waals surface area contributed by atoms with Crippen LogP contribution in [-0.2, 0) is 13.6 Å². The van der Waals surface area contributed by atoms with Crippen LogP contribution in [0, 0.1) is 0 Å². The van der Waals surface area contributed by atoms with Crippen LogP contribution >= 0.6 is 0 Å². The van der Waals surface area contributed by atoms with E-state index in [0.29, 0.717) is 17.9 Å². The molecule has 3 heterocycles. The highest BCUT2D eigenvalue weighted by atomic mass is 16.5. The fraction of sp³-hybridized carbons (Fsp3) is 0.0667. The molecule has 0 spiro atoms. The van der Waals surface area contributed by atoms with Crippen molar-refractivity contribution in [2.24, 2.45) is 7.05 Å². The van der Waals surface area contributed by atoms with Crippen LogP contribution in [0.2, 0.25) is 0 Å². The molecule has 1 amide bonds. The van der Waals surface area contributed by atoms with E-state index >= 15 is 0 Å². The molecular formula is C30H22N2O6. The summed E-state index contributed by atoms with van der Waals surface area (Å²) in [4.78, 5) is 25.6. The summed E-state index contributed by atoms with van der Waals surface area (Å²) >= 11 is 0. The Balaban J connectivity index is 1.34. The van der Waals surface area contributed by atoms with E-state index in [4.69, 9.17) is 9.15 Å². The molecule has 0 atom stereocenters. The maximum absolute atomic E-state index is 13.0. The largest absolute Gasteiger partial charge is 0.508 e. The number of carbonyl (C=O) groups is 2. The number of nitrogens with one attached hydrogen (secondary N) is 1. The summed E-state index contributed by atoms with van der Waals surface area (Å²) in [5.74, 6) is -0.362. The Morgan fingerprint density at radius 1 is 1.05 bits per heavy atom. The van der Waals surface area contributed by atoms with Crippen LogP contribution in [0.1, 0.15) is 32.0 Å². The van der Waals surface area contributed by atoms with Gasteiger partial charge >= 0.3 is 0 Å². The van der Waals surface area contributed by atoms with Gasteiger partial charge in [-0.2, -0.15) is 0 Å². The van der Waals surface area contributed by atoms with Crippen molar-refractivity contribution in [2.45, 2.75) is 6.54 Å². The summed E-state index contributed by atoms with van der Waals surface area (Å²) in [6, 6.07) is 19.2. The minimum absolute atomic E-state index is 0.0235. The van der Waals surface area contributed by atoms with Crippen LogP contribution in [-0.4, -0.2) is 26.5 Å². The molecule has 8 heteroatoms. The lowest BCUT2D eigenvalue weighted by atomic mass is 9.97. The van der Waals surface area contributed by atoms with Crippen LogP contribution < -0.4 is 10.1 Å². The summed E-state index contributed by atoms with van der Waals surface area (Å²) in [5.41, 5.74) is 4.05. The first-order valence-corrected chi connectivity index (χ1v) is 11.9. The quantitative estimate of drug-likeness (QED) is 0.275. The van der Waals surface area contributed by atoms with E-state index in [2.05, 4.69) is 5.32 Å². The number of hydrogen-bond donors (Lipinski definition) is 3. The van der Waals surface area contributed by atoms with Gasteiger partial charge in [0.1, 0.15) is 28.6 Å². The molecule has 38 heavy (non-hydrogen) atoms. The monoisotopic (exact) mass is 506 g/mol. The number of fused-ring (bicyclic) bond motifs is 2. The maximum atomic E-state index is 13.0. The second-order valence-electron chi connectivity index (χ2n) is 9.01. The number of rotatable bonds is 5. The summed E-state index contributed by atoms with van der Waals surface area (Å²) in [7, 11) is 1.91. The minimum atomic E-state index is -0.461. The topological polar surface area (TPSA) is 114 Å². The normalized spacial score (nSPS) is 13.6. The van der Waals surface area contributed by atoms with Gasteiger partial charge in [-0.15, -0.1) is 0 Å². The highest BCUT2D eigenvalue weighted by Crippen LogP contribution is 2.41. The predicted octanol–water partition coefficient (Wildman–Crippen LogP) is 5.40. The number of aromatic hydroxyl groups is 2. The fourth-order valence-electron chi connectivity index (χ4n) is 4.73. The number of ketones is 1. The molecule has 1 aliphatic heterocycles. The molecule has 0 saturated carbocycles. The van der Waals surface area contributed by atoms with Gasteiger partial charge in [-0.05, 0) is 47.5 Å². The second-order valence-corrected chi connectivity index (χ2v) is 9.01. The van der Waals surface area contributed by atoms with E-state index in [9.17, 15) is 19.8 Å². The lowest BCUT2D eigenvalue weighted by Gasteiger charge is -2.08. The van der Waals surface area contributed by atoms with Gasteiger partial charge in [0.05, 0.1) is 12.8 Å². The average molecular weight is 507 g/mol. The number of amides is 1. The van der Waals surface area contributed by atoms with Crippen LogP contribution in [0.3, 0.4) is 0 Å². The zero-order valence-electron chi connectivity index (χ0n) is 20.3. The highest BCUT2D eigenvalue weighted by Gasteiger charge is 2.31. The van der Waals surface area contributed by atoms with Gasteiger partial charge in [0.2, 0.25) is 5.78 Å². The molecule has 0 bridgehead atoms. The number of carbonyl (C=O) groups excluding carboxylic acids is 2. The van der Waals surface area contributed by atoms with E-state index in [-0.39, 0.29) is 34.5 Å². The third-order valence-corrected chi connectivity index (χ3v) is 6.53. The number of hydrogen-bond acceptors (Lipinski definition) is 6. The third kappa shape index (κ3) is 3.98. The maximum Gasteiger partial charge on any atom is 0.251 e. The zero-order chi connectivity index (χ0) is 26.4. The van der Waals surface area contributed by atoms with Crippen LogP contribution in [0.4, 0.5) is 0 Å². The first-order chi connectivity index (χ1) is 18.4. The molecule has 3 N–H and O–H groups in total. The lowest BCUT2D eigenvalue weighted by molar-refractivity contribution is 0.0947. The van der Waals surface area contributed by atoms with Crippen molar-refractivity contribution < 1.29 is 29.0 Å². The SMILES string of the molecule is Cn1cc(/C=C2\Oc3cc(O)cc(O)c3C2=O)c2c(-c3ccc(C(=O)NCc4ccco4)cc3)cccc21. The molecule has 3 aromatic carbocycles. The lowest BCUT2D eigenvalue weighted by Crippen LogP contribution is -2.22. The van der Waals surface area contributed by atoms with E-state index in [1.165, 1.54) is 6.07 Å². The molecule has 1 aliphatic rings. The number of nitrogens with zero attached hydrogens (tertiary/aromatic N) is 1. The van der Waals surface area contributed by atoms with Crippen molar-refractivity contribution in [3.8, 4) is 28.4 Å². The van der Waals surface area contributed by atoms with Crippen molar-refractivity contribution in [3.05, 3.63) is 107 Å². The van der Waals surface area contributed by atoms with Gasteiger partial charge in [-0.1, -0.05) is 24.3 Å². The Labute approximate surface area is 217 Å². The molecular weight excluding hydrogens is 484 g/mol. The molecule has 0 radical (unpaired) electrons. The van der Waals surface area contributed by atoms with Crippen LogP contribution in [0.5, 0.6) is 17.2 Å².